The van der Waals surface area contributed by atoms with Gasteiger partial charge in [0, 0.05) is 40.3 Å². The minimum atomic E-state index is -0.677. The van der Waals surface area contributed by atoms with Gasteiger partial charge in [0.05, 0.1) is 24.1 Å². The number of nitrogens with one attached hydrogen (secondary N) is 2. The van der Waals surface area contributed by atoms with Crippen molar-refractivity contribution in [2.75, 3.05) is 17.6 Å². The molecule has 2 bridgehead atoms. The maximum absolute atomic E-state index is 13.6. The molecule has 0 unspecified atom stereocenters. The van der Waals surface area contributed by atoms with Crippen molar-refractivity contribution in [3.05, 3.63) is 23.7 Å². The number of esters is 1. The second kappa shape index (κ2) is 13.5. The first kappa shape index (κ1) is 33.6. The van der Waals surface area contributed by atoms with Crippen molar-refractivity contribution in [3.8, 4) is 0 Å². The summed E-state index contributed by atoms with van der Waals surface area (Å²) in [5.74, 6) is 0.434. The van der Waals surface area contributed by atoms with Crippen molar-refractivity contribution in [2.45, 2.75) is 116 Å². The molecular weight excluding hydrogens is 595 g/mol. The molecule has 0 spiro atoms. The smallest absolute Gasteiger partial charge is 0.316 e. The van der Waals surface area contributed by atoms with Crippen LogP contribution in [0.3, 0.4) is 0 Å². The highest BCUT2D eigenvalue weighted by Crippen LogP contribution is 2.68. The molecule has 1 amide bonds. The van der Waals surface area contributed by atoms with Crippen molar-refractivity contribution in [3.63, 3.8) is 0 Å². The molecule has 1 heterocycles. The predicted octanol–water partition coefficient (Wildman–Crippen LogP) is 6.14. The Morgan fingerprint density at radius 3 is 2.68 bits per heavy atom. The highest BCUT2D eigenvalue weighted by atomic mass is 32.2. The Morgan fingerprint density at radius 1 is 1.20 bits per heavy atom. The van der Waals surface area contributed by atoms with Gasteiger partial charge in [-0.2, -0.15) is 0 Å². The third-order valence-corrected chi connectivity index (χ3v) is 13.7. The summed E-state index contributed by atoms with van der Waals surface area (Å²) in [6, 6.07) is 0.421. The monoisotopic (exact) mass is 645 g/mol. The number of hydrogen-bond donors (Lipinski definition) is 3. The van der Waals surface area contributed by atoms with E-state index >= 15 is 0 Å². The van der Waals surface area contributed by atoms with Gasteiger partial charge in [-0.05, 0) is 55.8 Å². The number of nitrogens with zero attached hydrogens (tertiary/aromatic N) is 1. The number of rotatable bonds is 10. The van der Waals surface area contributed by atoms with Gasteiger partial charge < -0.3 is 20.5 Å². The molecule has 8 nitrogen and oxygen atoms in total. The van der Waals surface area contributed by atoms with Gasteiger partial charge in [0.15, 0.2) is 5.13 Å². The number of hydrogen-bond acceptors (Lipinski definition) is 9. The maximum atomic E-state index is 13.6. The van der Waals surface area contributed by atoms with E-state index in [1.54, 1.807) is 0 Å². The Morgan fingerprint density at radius 2 is 1.95 bits per heavy atom. The Labute approximate surface area is 271 Å². The van der Waals surface area contributed by atoms with Gasteiger partial charge in [-0.3, -0.25) is 14.4 Å². The van der Waals surface area contributed by atoms with E-state index in [0.29, 0.717) is 29.8 Å². The quantitative estimate of drug-likeness (QED) is 0.205. The highest BCUT2D eigenvalue weighted by Gasteiger charge is 2.68. The first-order valence-corrected chi connectivity index (χ1v) is 18.6. The highest BCUT2D eigenvalue weighted by molar-refractivity contribution is 7.99. The number of amides is 1. The topological polar surface area (TPSA) is 118 Å². The van der Waals surface area contributed by atoms with Gasteiger partial charge >= 0.3 is 5.97 Å². The van der Waals surface area contributed by atoms with E-state index in [-0.39, 0.29) is 53.1 Å². The second-order valence-corrected chi connectivity index (χ2v) is 16.3. The lowest BCUT2D eigenvalue weighted by Crippen LogP contribution is -2.63. The number of thioether (sulfide) groups is 1. The van der Waals surface area contributed by atoms with E-state index in [0.717, 1.165) is 37.8 Å². The van der Waals surface area contributed by atoms with Crippen LogP contribution in [0.5, 0.6) is 0 Å². The number of aliphatic hydroxyl groups excluding tert-OH is 1. The molecule has 5 rings (SSSR count). The van der Waals surface area contributed by atoms with Crippen LogP contribution in [-0.4, -0.2) is 58.3 Å². The molecule has 8 atom stereocenters. The average molecular weight is 646 g/mol. The minimum absolute atomic E-state index is 0.0538. The number of anilines is 1. The van der Waals surface area contributed by atoms with Crippen LogP contribution in [0.25, 0.3) is 0 Å². The number of carbonyl (C=O) groups excluding carboxylic acids is 3. The van der Waals surface area contributed by atoms with E-state index in [1.807, 2.05) is 18.4 Å². The molecule has 44 heavy (non-hydrogen) atoms. The van der Waals surface area contributed by atoms with Crippen LogP contribution in [0.2, 0.25) is 0 Å². The van der Waals surface area contributed by atoms with Crippen LogP contribution in [0.4, 0.5) is 5.13 Å². The van der Waals surface area contributed by atoms with Crippen molar-refractivity contribution in [1.82, 2.24) is 10.3 Å². The molecule has 4 fully saturated rings. The fraction of sp³-hybridized carbons (Fsp3) is 0.765. The van der Waals surface area contributed by atoms with Crippen LogP contribution in [0.1, 0.15) is 97.6 Å². The van der Waals surface area contributed by atoms with E-state index < -0.39 is 23.0 Å². The maximum Gasteiger partial charge on any atom is 0.316 e. The predicted molar refractivity (Wildman–Crippen MR) is 176 cm³/mol. The van der Waals surface area contributed by atoms with E-state index in [2.05, 4.69) is 43.0 Å². The van der Waals surface area contributed by atoms with Crippen molar-refractivity contribution < 1.29 is 24.2 Å². The normalized spacial score (nSPS) is 37.5. The number of aliphatic hydroxyl groups is 1. The lowest BCUT2D eigenvalue weighted by atomic mass is 9.44. The summed E-state index contributed by atoms with van der Waals surface area (Å²) in [6.07, 6.45) is 10.2. The molecule has 0 saturated heterocycles. The molecule has 244 valence electrons. The van der Waals surface area contributed by atoms with Gasteiger partial charge in [0.2, 0.25) is 5.91 Å². The number of Topliss-reactive ketones (excluding diaryl/α,β-unsaturated/α-hetero) is 1. The number of ketones is 1. The first-order chi connectivity index (χ1) is 20.9. The van der Waals surface area contributed by atoms with Crippen LogP contribution in [0, 0.1) is 34.0 Å². The van der Waals surface area contributed by atoms with E-state index in [4.69, 9.17) is 4.74 Å². The number of carbonyl (C=O) groups is 3. The Bertz CT molecular complexity index is 1230. The Kier molecular flexibility index (Phi) is 10.3. The molecule has 1 aromatic heterocycles. The molecule has 4 aliphatic rings. The molecule has 1 aromatic rings. The SMILES string of the molecule is C=C[C@]1(C)C[C@@H](OC(=O)CSCc2csc(NC(=O)CNC3CCCCC3)n2)[C@]2(C)[C@H](C)CC[C@]3(CCC(=O)[C@H]32)[C@@H](C)[C@@H]1O. The number of ether oxygens (including phenoxy) is 1. The molecule has 0 aromatic carbocycles. The summed E-state index contributed by atoms with van der Waals surface area (Å²) in [5, 5.41) is 20.4. The third-order valence-electron chi connectivity index (χ3n) is 12.0. The van der Waals surface area contributed by atoms with E-state index in [9.17, 15) is 19.5 Å². The van der Waals surface area contributed by atoms with Crippen molar-refractivity contribution in [2.24, 2.45) is 34.0 Å². The summed E-state index contributed by atoms with van der Waals surface area (Å²) in [5.41, 5.74) is -0.642. The summed E-state index contributed by atoms with van der Waals surface area (Å²) >= 11 is 2.82. The Balaban J connectivity index is 1.20. The molecule has 10 heteroatoms. The molecular formula is C34H51N3O5S2. The molecule has 4 aliphatic carbocycles. The first-order valence-electron chi connectivity index (χ1n) is 16.5. The van der Waals surface area contributed by atoms with Crippen LogP contribution >= 0.6 is 23.1 Å². The average Bonchev–Trinajstić information content (AvgIpc) is 3.61. The molecule has 0 aliphatic heterocycles. The molecule has 3 N–H and O–H groups in total. The lowest BCUT2D eigenvalue weighted by Gasteiger charge is -2.61. The van der Waals surface area contributed by atoms with E-state index in [1.165, 1.54) is 42.4 Å². The largest absolute Gasteiger partial charge is 0.461 e. The van der Waals surface area contributed by atoms with Gasteiger partial charge in [-0.15, -0.1) is 29.7 Å². The molecule has 4 saturated carbocycles. The lowest BCUT2D eigenvalue weighted by molar-refractivity contribution is -0.205. The number of aromatic nitrogens is 1. The summed E-state index contributed by atoms with van der Waals surface area (Å²) in [7, 11) is 0. The zero-order valence-corrected chi connectivity index (χ0v) is 28.5. The summed E-state index contributed by atoms with van der Waals surface area (Å²) in [6.45, 7) is 12.9. The number of thiazole rings is 1. The van der Waals surface area contributed by atoms with Crippen LogP contribution < -0.4 is 10.6 Å². The fourth-order valence-corrected chi connectivity index (χ4v) is 10.6. The third kappa shape index (κ3) is 6.42. The van der Waals surface area contributed by atoms with Gasteiger partial charge in [0.25, 0.3) is 0 Å². The van der Waals surface area contributed by atoms with Crippen molar-refractivity contribution >= 4 is 45.9 Å². The Hall–Kier alpha value is -1.75. The van der Waals surface area contributed by atoms with Crippen molar-refractivity contribution in [1.29, 1.82) is 0 Å². The zero-order valence-electron chi connectivity index (χ0n) is 26.9. The minimum Gasteiger partial charge on any atom is -0.461 e. The summed E-state index contributed by atoms with van der Waals surface area (Å²) in [4.78, 5) is 43.9. The molecule has 0 radical (unpaired) electrons. The summed E-state index contributed by atoms with van der Waals surface area (Å²) < 4.78 is 6.34. The van der Waals surface area contributed by atoms with Gasteiger partial charge in [-0.25, -0.2) is 4.98 Å². The zero-order chi connectivity index (χ0) is 31.7. The van der Waals surface area contributed by atoms with Gasteiger partial charge in [0.1, 0.15) is 11.9 Å². The van der Waals surface area contributed by atoms with Crippen LogP contribution in [-0.2, 0) is 24.9 Å². The fourth-order valence-electron chi connectivity index (χ4n) is 9.07. The second-order valence-electron chi connectivity index (χ2n) is 14.5. The van der Waals surface area contributed by atoms with Gasteiger partial charge in [-0.1, -0.05) is 53.0 Å². The van der Waals surface area contributed by atoms with Crippen LogP contribution in [0.15, 0.2) is 18.0 Å². The standard InChI is InChI=1S/C34H51N3O5S2/c1-6-32(4)16-26(33(5)21(2)12-14-34(22(3)30(32)41)15-13-25(38)29(33)34)42-28(40)20-43-18-24-19-44-31(36-24)37-27(39)17-35-23-10-8-7-9-11-23/h6,19,21-23,26,29-30,35,41H,1,7-18,20H2,2-5H3,(H,36,37,39)/t21-,22+,26-,29+,30+,32-,33+,34+/m1/s1.